The van der Waals surface area contributed by atoms with Crippen LogP contribution in [0.5, 0.6) is 0 Å². The minimum absolute atomic E-state index is 0.0436. The molecule has 0 aliphatic carbocycles. The van der Waals surface area contributed by atoms with Crippen LogP contribution in [-0.4, -0.2) is 27.5 Å². The first-order valence-electron chi connectivity index (χ1n) is 6.96. The van der Waals surface area contributed by atoms with Gasteiger partial charge in [0.05, 0.1) is 0 Å². The minimum Gasteiger partial charge on any atom is -0.337 e. The Hall–Kier alpha value is -2.17. The highest BCUT2D eigenvalue weighted by atomic mass is 16.5. The molecule has 0 radical (unpaired) electrons. The maximum Gasteiger partial charge on any atom is 0.254 e. The van der Waals surface area contributed by atoms with Crippen LogP contribution < -0.4 is 0 Å². The fourth-order valence-electron chi connectivity index (χ4n) is 2.47. The molecule has 1 aliphatic heterocycles. The van der Waals surface area contributed by atoms with Gasteiger partial charge in [0, 0.05) is 18.5 Å². The molecule has 2 aromatic rings. The number of carbonyl (C=O) groups is 1. The molecule has 5 nitrogen and oxygen atoms in total. The summed E-state index contributed by atoms with van der Waals surface area (Å²) in [6.45, 7) is 3.16. The predicted molar refractivity (Wildman–Crippen MR) is 73.2 cm³/mol. The lowest BCUT2D eigenvalue weighted by Gasteiger charge is -2.27. The van der Waals surface area contributed by atoms with E-state index >= 15 is 0 Å². The highest BCUT2D eigenvalue weighted by molar-refractivity contribution is 5.96. The predicted octanol–water partition coefficient (Wildman–Crippen LogP) is 2.22. The van der Waals surface area contributed by atoms with Crippen LogP contribution in [0.3, 0.4) is 0 Å². The molecule has 0 saturated carbocycles. The van der Waals surface area contributed by atoms with Crippen LogP contribution >= 0.6 is 0 Å². The summed E-state index contributed by atoms with van der Waals surface area (Å²) in [7, 11) is 0. The minimum atomic E-state index is 0.0436. The summed E-state index contributed by atoms with van der Waals surface area (Å²) in [5, 5.41) is 3.92. The van der Waals surface area contributed by atoms with E-state index in [2.05, 4.69) is 17.1 Å². The maximum absolute atomic E-state index is 12.4. The second kappa shape index (κ2) is 5.45. The van der Waals surface area contributed by atoms with Crippen molar-refractivity contribution in [1.82, 2.24) is 15.0 Å². The van der Waals surface area contributed by atoms with Crippen molar-refractivity contribution < 1.29 is 9.32 Å². The lowest BCUT2D eigenvalue weighted by Crippen LogP contribution is -2.37. The van der Waals surface area contributed by atoms with Gasteiger partial charge in [0.15, 0.2) is 5.82 Å². The van der Waals surface area contributed by atoms with Crippen LogP contribution in [0.25, 0.3) is 0 Å². The standard InChI is InChI=1S/C15H17N3O2/c1-2-5-13-16-14(20-17-13)10-18-9-8-11-6-3-4-7-12(11)15(18)19/h3-4,6-7H,2,5,8-10H2,1H3. The Morgan fingerprint density at radius 3 is 3.05 bits per heavy atom. The van der Waals surface area contributed by atoms with Gasteiger partial charge in [-0.2, -0.15) is 4.98 Å². The summed E-state index contributed by atoms with van der Waals surface area (Å²) >= 11 is 0. The van der Waals surface area contributed by atoms with E-state index in [-0.39, 0.29) is 5.91 Å². The van der Waals surface area contributed by atoms with Crippen LogP contribution in [-0.2, 0) is 19.4 Å². The van der Waals surface area contributed by atoms with Crippen molar-refractivity contribution in [2.75, 3.05) is 6.54 Å². The molecule has 0 unspecified atom stereocenters. The first kappa shape index (κ1) is 12.8. The van der Waals surface area contributed by atoms with E-state index in [1.807, 2.05) is 24.3 Å². The highest BCUT2D eigenvalue weighted by Gasteiger charge is 2.25. The van der Waals surface area contributed by atoms with Crippen molar-refractivity contribution in [3.8, 4) is 0 Å². The van der Waals surface area contributed by atoms with Gasteiger partial charge in [-0.3, -0.25) is 4.79 Å². The molecule has 0 spiro atoms. The van der Waals surface area contributed by atoms with Crippen LogP contribution in [0, 0.1) is 0 Å². The molecule has 1 aliphatic rings. The third-order valence-corrected chi connectivity index (χ3v) is 3.50. The van der Waals surface area contributed by atoms with Gasteiger partial charge in [-0.05, 0) is 24.5 Å². The van der Waals surface area contributed by atoms with Crippen LogP contribution in [0.4, 0.5) is 0 Å². The van der Waals surface area contributed by atoms with E-state index in [9.17, 15) is 4.79 Å². The lowest BCUT2D eigenvalue weighted by atomic mass is 9.99. The zero-order valence-electron chi connectivity index (χ0n) is 11.5. The number of aromatic nitrogens is 2. The average molecular weight is 271 g/mol. The number of fused-ring (bicyclic) bond motifs is 1. The molecule has 104 valence electrons. The van der Waals surface area contributed by atoms with Crippen molar-refractivity contribution >= 4 is 5.91 Å². The molecule has 3 rings (SSSR count). The quantitative estimate of drug-likeness (QED) is 0.855. The third-order valence-electron chi connectivity index (χ3n) is 3.50. The Balaban J connectivity index is 1.74. The fraction of sp³-hybridized carbons (Fsp3) is 0.400. The first-order valence-corrected chi connectivity index (χ1v) is 6.96. The molecule has 0 bridgehead atoms. The molecular weight excluding hydrogens is 254 g/mol. The SMILES string of the molecule is CCCc1noc(CN2CCc3ccccc3C2=O)n1. The van der Waals surface area contributed by atoms with Gasteiger partial charge in [0.1, 0.15) is 6.54 Å². The lowest BCUT2D eigenvalue weighted by molar-refractivity contribution is 0.0708. The summed E-state index contributed by atoms with van der Waals surface area (Å²) in [6, 6.07) is 7.75. The highest BCUT2D eigenvalue weighted by Crippen LogP contribution is 2.20. The molecule has 0 saturated heterocycles. The smallest absolute Gasteiger partial charge is 0.254 e. The van der Waals surface area contributed by atoms with Crippen molar-refractivity contribution in [2.45, 2.75) is 32.7 Å². The molecule has 20 heavy (non-hydrogen) atoms. The molecule has 1 aromatic heterocycles. The van der Waals surface area contributed by atoms with Gasteiger partial charge >= 0.3 is 0 Å². The number of hydrogen-bond donors (Lipinski definition) is 0. The summed E-state index contributed by atoms with van der Waals surface area (Å²) in [5.41, 5.74) is 1.90. The molecule has 1 aromatic carbocycles. The van der Waals surface area contributed by atoms with Crippen LogP contribution in [0.1, 0.15) is 41.0 Å². The van der Waals surface area contributed by atoms with Gasteiger partial charge in [-0.1, -0.05) is 30.3 Å². The average Bonchev–Trinajstić information content (AvgIpc) is 2.90. The summed E-state index contributed by atoms with van der Waals surface area (Å²) in [6.07, 6.45) is 2.66. The fourth-order valence-corrected chi connectivity index (χ4v) is 2.47. The maximum atomic E-state index is 12.4. The number of rotatable bonds is 4. The van der Waals surface area contributed by atoms with Gasteiger partial charge in [0.25, 0.3) is 5.91 Å². The molecule has 0 N–H and O–H groups in total. The number of benzene rings is 1. The molecule has 0 atom stereocenters. The van der Waals surface area contributed by atoms with Crippen LogP contribution in [0.2, 0.25) is 0 Å². The molecule has 0 fully saturated rings. The number of hydrogen-bond acceptors (Lipinski definition) is 4. The van der Waals surface area contributed by atoms with E-state index in [4.69, 9.17) is 4.52 Å². The first-order chi connectivity index (χ1) is 9.78. The third kappa shape index (κ3) is 2.43. The monoisotopic (exact) mass is 271 g/mol. The second-order valence-electron chi connectivity index (χ2n) is 4.99. The van der Waals surface area contributed by atoms with E-state index in [0.29, 0.717) is 24.8 Å². The van der Waals surface area contributed by atoms with Gasteiger partial charge in [0.2, 0.25) is 5.89 Å². The largest absolute Gasteiger partial charge is 0.337 e. The van der Waals surface area contributed by atoms with E-state index < -0.39 is 0 Å². The number of amides is 1. The van der Waals surface area contributed by atoms with Crippen molar-refractivity contribution in [3.63, 3.8) is 0 Å². The Morgan fingerprint density at radius 1 is 1.35 bits per heavy atom. The molecule has 5 heteroatoms. The normalized spacial score (nSPS) is 14.4. The Morgan fingerprint density at radius 2 is 2.20 bits per heavy atom. The van der Waals surface area contributed by atoms with Gasteiger partial charge in [-0.15, -0.1) is 0 Å². The molecule has 1 amide bonds. The van der Waals surface area contributed by atoms with Crippen LogP contribution in [0.15, 0.2) is 28.8 Å². The Kier molecular flexibility index (Phi) is 3.50. The van der Waals surface area contributed by atoms with Crippen molar-refractivity contribution in [1.29, 1.82) is 0 Å². The number of aryl methyl sites for hydroxylation is 1. The van der Waals surface area contributed by atoms with E-state index in [1.165, 1.54) is 0 Å². The zero-order chi connectivity index (χ0) is 13.9. The van der Waals surface area contributed by atoms with Crippen molar-refractivity contribution in [3.05, 3.63) is 47.1 Å². The van der Waals surface area contributed by atoms with E-state index in [1.54, 1.807) is 4.90 Å². The topological polar surface area (TPSA) is 59.2 Å². The Labute approximate surface area is 117 Å². The summed E-state index contributed by atoms with van der Waals surface area (Å²) in [5.74, 6) is 1.27. The molecule has 2 heterocycles. The molecular formula is C15H17N3O2. The Bertz CT molecular complexity index is 621. The zero-order valence-corrected chi connectivity index (χ0v) is 11.5. The van der Waals surface area contributed by atoms with E-state index in [0.717, 1.165) is 30.4 Å². The number of nitrogens with zero attached hydrogens (tertiary/aromatic N) is 3. The van der Waals surface area contributed by atoms with Gasteiger partial charge in [-0.25, -0.2) is 0 Å². The van der Waals surface area contributed by atoms with Gasteiger partial charge < -0.3 is 9.42 Å². The summed E-state index contributed by atoms with van der Waals surface area (Å²) < 4.78 is 5.20. The number of carbonyl (C=O) groups excluding carboxylic acids is 1. The van der Waals surface area contributed by atoms with Crippen molar-refractivity contribution in [2.24, 2.45) is 0 Å². The summed E-state index contributed by atoms with van der Waals surface area (Å²) in [4.78, 5) is 18.5. The second-order valence-corrected chi connectivity index (χ2v) is 4.99.